The van der Waals surface area contributed by atoms with Crippen molar-refractivity contribution in [2.24, 2.45) is 0 Å². The summed E-state index contributed by atoms with van der Waals surface area (Å²) >= 11 is 0. The second-order valence-electron chi connectivity index (χ2n) is 5.06. The van der Waals surface area contributed by atoms with E-state index in [0.717, 1.165) is 33.9 Å². The van der Waals surface area contributed by atoms with E-state index in [-0.39, 0.29) is 20.1 Å². The molecule has 117 valence electrons. The molecule has 0 saturated heterocycles. The van der Waals surface area contributed by atoms with Gasteiger partial charge in [0.25, 0.3) is 0 Å². The van der Waals surface area contributed by atoms with Crippen molar-refractivity contribution in [2.45, 2.75) is 0 Å². The number of pyridine rings is 1. The fraction of sp³-hybridized carbons (Fsp3) is 0.105. The summed E-state index contributed by atoms with van der Waals surface area (Å²) in [6.45, 7) is 1.20. The van der Waals surface area contributed by atoms with Gasteiger partial charge in [-0.2, -0.15) is 0 Å². The minimum absolute atomic E-state index is 0. The van der Waals surface area contributed by atoms with Crippen LogP contribution in [0.3, 0.4) is 0 Å². The van der Waals surface area contributed by atoms with E-state index in [9.17, 15) is 0 Å². The minimum Gasteiger partial charge on any atom is -0.486 e. The van der Waals surface area contributed by atoms with Crippen LogP contribution in [-0.4, -0.2) is 18.2 Å². The van der Waals surface area contributed by atoms with Crippen LogP contribution in [0.25, 0.3) is 22.4 Å². The topological polar surface area (TPSA) is 31.4 Å². The van der Waals surface area contributed by atoms with Crippen molar-refractivity contribution in [1.82, 2.24) is 4.98 Å². The molecule has 23 heavy (non-hydrogen) atoms. The molecule has 1 aliphatic heterocycles. The van der Waals surface area contributed by atoms with Crippen LogP contribution in [0, 0.1) is 6.07 Å². The maximum absolute atomic E-state index is 5.66. The van der Waals surface area contributed by atoms with E-state index in [2.05, 4.69) is 17.1 Å². The van der Waals surface area contributed by atoms with Gasteiger partial charge in [-0.25, -0.2) is 0 Å². The van der Waals surface area contributed by atoms with Gasteiger partial charge in [-0.05, 0) is 29.5 Å². The first-order valence-electron chi connectivity index (χ1n) is 7.23. The third kappa shape index (κ3) is 3.29. The molecule has 0 atom stereocenters. The first kappa shape index (κ1) is 15.7. The van der Waals surface area contributed by atoms with Gasteiger partial charge in [0.2, 0.25) is 0 Å². The van der Waals surface area contributed by atoms with E-state index < -0.39 is 0 Å². The molecule has 3 nitrogen and oxygen atoms in total. The molecule has 0 bridgehead atoms. The van der Waals surface area contributed by atoms with Crippen molar-refractivity contribution in [1.29, 1.82) is 0 Å². The molecule has 0 N–H and O–H groups in total. The zero-order valence-electron chi connectivity index (χ0n) is 12.3. The summed E-state index contributed by atoms with van der Waals surface area (Å²) in [5.74, 6) is 1.61. The standard InChI is InChI=1S/C19H14NO2.Ir/c1-2-9-20-17(6-1)16-5-3-4-14(12-16)15-7-8-18-19(13-15)22-11-10-21-18;/h1-4,6-9,12-13H,10-11H2;/q-1;. The number of nitrogens with zero attached hydrogens (tertiary/aromatic N) is 1. The molecule has 0 spiro atoms. The zero-order chi connectivity index (χ0) is 14.8. The van der Waals surface area contributed by atoms with Crippen LogP contribution in [0.5, 0.6) is 11.5 Å². The van der Waals surface area contributed by atoms with Gasteiger partial charge in [-0.1, -0.05) is 18.2 Å². The molecular weight excluding hydrogens is 466 g/mol. The second kappa shape index (κ2) is 6.95. The molecule has 0 aliphatic carbocycles. The third-order valence-electron chi connectivity index (χ3n) is 3.62. The molecule has 0 saturated carbocycles. The third-order valence-corrected chi connectivity index (χ3v) is 3.62. The first-order chi connectivity index (χ1) is 10.9. The van der Waals surface area contributed by atoms with Crippen molar-refractivity contribution < 1.29 is 29.6 Å². The Labute approximate surface area is 148 Å². The van der Waals surface area contributed by atoms with Crippen LogP contribution in [0.4, 0.5) is 0 Å². The molecule has 0 amide bonds. The first-order valence-corrected chi connectivity index (χ1v) is 7.23. The van der Waals surface area contributed by atoms with Gasteiger partial charge >= 0.3 is 0 Å². The van der Waals surface area contributed by atoms with E-state index in [1.807, 2.05) is 48.5 Å². The molecule has 2 aromatic carbocycles. The van der Waals surface area contributed by atoms with E-state index in [4.69, 9.17) is 9.47 Å². The number of rotatable bonds is 2. The van der Waals surface area contributed by atoms with E-state index in [1.165, 1.54) is 0 Å². The molecular formula is C19H14IrNO2-. The Morgan fingerprint density at radius 3 is 2.52 bits per heavy atom. The molecule has 1 radical (unpaired) electrons. The van der Waals surface area contributed by atoms with Crippen LogP contribution < -0.4 is 9.47 Å². The summed E-state index contributed by atoms with van der Waals surface area (Å²) in [5, 5.41) is 0. The van der Waals surface area contributed by atoms with Gasteiger partial charge in [0.1, 0.15) is 13.2 Å². The number of aromatic nitrogens is 1. The largest absolute Gasteiger partial charge is 0.486 e. The number of hydrogen-bond donors (Lipinski definition) is 0. The summed E-state index contributed by atoms with van der Waals surface area (Å²) in [5.41, 5.74) is 4.10. The van der Waals surface area contributed by atoms with Crippen LogP contribution >= 0.6 is 0 Å². The summed E-state index contributed by atoms with van der Waals surface area (Å²) < 4.78 is 11.2. The molecule has 3 aromatic rings. The molecule has 2 heterocycles. The smallest absolute Gasteiger partial charge is 0.161 e. The SMILES string of the molecule is [Ir].[c-]1ccc(-c2ccc3c(c2)OCCO3)cc1-c1ccccn1. The molecule has 4 heteroatoms. The van der Waals surface area contributed by atoms with Crippen molar-refractivity contribution >= 4 is 0 Å². The van der Waals surface area contributed by atoms with E-state index in [0.29, 0.717) is 13.2 Å². The fourth-order valence-electron chi connectivity index (χ4n) is 2.54. The molecule has 1 aliphatic rings. The minimum atomic E-state index is 0. The number of ether oxygens (including phenoxy) is 2. The van der Waals surface area contributed by atoms with Gasteiger partial charge in [-0.15, -0.1) is 35.4 Å². The van der Waals surface area contributed by atoms with Crippen LogP contribution in [0.1, 0.15) is 0 Å². The van der Waals surface area contributed by atoms with Crippen molar-refractivity contribution in [3.63, 3.8) is 0 Å². The molecule has 1 aromatic heterocycles. The van der Waals surface area contributed by atoms with E-state index >= 15 is 0 Å². The Bertz CT molecular complexity index is 805. The Morgan fingerprint density at radius 2 is 1.70 bits per heavy atom. The summed E-state index contributed by atoms with van der Waals surface area (Å²) in [6.07, 6.45) is 1.79. The number of benzene rings is 2. The monoisotopic (exact) mass is 481 g/mol. The Balaban J connectivity index is 0.00000156. The van der Waals surface area contributed by atoms with Gasteiger partial charge in [0.15, 0.2) is 11.5 Å². The van der Waals surface area contributed by atoms with Gasteiger partial charge in [0.05, 0.1) is 0 Å². The van der Waals surface area contributed by atoms with E-state index in [1.54, 1.807) is 6.20 Å². The maximum Gasteiger partial charge on any atom is 0.161 e. The average molecular weight is 481 g/mol. The van der Waals surface area contributed by atoms with Gasteiger partial charge in [0, 0.05) is 26.3 Å². The Kier molecular flexibility index (Phi) is 4.75. The fourth-order valence-corrected chi connectivity index (χ4v) is 2.54. The summed E-state index contributed by atoms with van der Waals surface area (Å²) in [6, 6.07) is 21.2. The van der Waals surface area contributed by atoms with Crippen LogP contribution in [-0.2, 0) is 20.1 Å². The van der Waals surface area contributed by atoms with Crippen molar-refractivity contribution in [3.8, 4) is 33.9 Å². The maximum atomic E-state index is 5.66. The predicted molar refractivity (Wildman–Crippen MR) is 84.9 cm³/mol. The van der Waals surface area contributed by atoms with Gasteiger partial charge < -0.3 is 14.5 Å². The Hall–Kier alpha value is -2.16. The number of fused-ring (bicyclic) bond motifs is 1. The van der Waals surface area contributed by atoms with Crippen LogP contribution in [0.2, 0.25) is 0 Å². The zero-order valence-corrected chi connectivity index (χ0v) is 14.7. The van der Waals surface area contributed by atoms with Crippen molar-refractivity contribution in [2.75, 3.05) is 13.2 Å². The molecule has 0 unspecified atom stereocenters. The summed E-state index contributed by atoms with van der Waals surface area (Å²) in [4.78, 5) is 4.38. The normalized spacial score (nSPS) is 12.3. The predicted octanol–water partition coefficient (Wildman–Crippen LogP) is 3.98. The summed E-state index contributed by atoms with van der Waals surface area (Å²) in [7, 11) is 0. The second-order valence-corrected chi connectivity index (χ2v) is 5.06. The molecule has 4 rings (SSSR count). The van der Waals surface area contributed by atoms with Crippen LogP contribution in [0.15, 0.2) is 60.8 Å². The number of hydrogen-bond acceptors (Lipinski definition) is 3. The quantitative estimate of drug-likeness (QED) is 0.520. The Morgan fingerprint density at radius 1 is 0.870 bits per heavy atom. The molecule has 0 fully saturated rings. The average Bonchev–Trinajstić information content (AvgIpc) is 2.62. The van der Waals surface area contributed by atoms with Gasteiger partial charge in [-0.3, -0.25) is 0 Å². The van der Waals surface area contributed by atoms with Crippen molar-refractivity contribution in [3.05, 3.63) is 66.9 Å².